The van der Waals surface area contributed by atoms with Crippen LogP contribution in [0.2, 0.25) is 0 Å². The Labute approximate surface area is 70.0 Å². The predicted octanol–water partition coefficient (Wildman–Crippen LogP) is 3.84. The van der Waals surface area contributed by atoms with Crippen LogP contribution in [-0.4, -0.2) is 0 Å². The van der Waals surface area contributed by atoms with Gasteiger partial charge in [0, 0.05) is 0 Å². The second-order valence-electron chi connectivity index (χ2n) is 3.57. The maximum Gasteiger partial charge on any atom is -0.0283 e. The fraction of sp³-hybridized carbons (Fsp3) is 0.636. The van der Waals surface area contributed by atoms with Crippen molar-refractivity contribution in [2.24, 2.45) is 0 Å². The summed E-state index contributed by atoms with van der Waals surface area (Å²) in [5.41, 5.74) is 2.98. The molecule has 0 fully saturated rings. The molecule has 0 aromatic heterocycles. The van der Waals surface area contributed by atoms with Gasteiger partial charge in [-0.3, -0.25) is 0 Å². The monoisotopic (exact) mass is 150 g/mol. The Morgan fingerprint density at radius 3 is 2.91 bits per heavy atom. The zero-order chi connectivity index (χ0) is 8.10. The highest BCUT2D eigenvalue weighted by Crippen LogP contribution is 2.22. The van der Waals surface area contributed by atoms with Gasteiger partial charge in [0.15, 0.2) is 0 Å². The third-order valence-electron chi connectivity index (χ3n) is 2.26. The van der Waals surface area contributed by atoms with E-state index in [1.165, 1.54) is 44.1 Å². The third-order valence-corrected chi connectivity index (χ3v) is 2.26. The van der Waals surface area contributed by atoms with Crippen molar-refractivity contribution in [3.8, 4) is 0 Å². The largest absolute Gasteiger partial charge is 0.100 e. The van der Waals surface area contributed by atoms with E-state index >= 15 is 0 Å². The zero-order valence-corrected chi connectivity index (χ0v) is 7.53. The lowest BCUT2D eigenvalue weighted by Gasteiger charge is -2.11. The molecule has 0 aliphatic heterocycles. The summed E-state index contributed by atoms with van der Waals surface area (Å²) in [6.07, 6.45) is 10.3. The zero-order valence-electron chi connectivity index (χ0n) is 7.53. The summed E-state index contributed by atoms with van der Waals surface area (Å²) in [4.78, 5) is 0. The van der Waals surface area contributed by atoms with Gasteiger partial charge < -0.3 is 0 Å². The van der Waals surface area contributed by atoms with Crippen LogP contribution in [0.4, 0.5) is 0 Å². The van der Waals surface area contributed by atoms with Crippen LogP contribution in [0.1, 0.15) is 45.4 Å². The van der Waals surface area contributed by atoms with Crippen LogP contribution < -0.4 is 0 Å². The molecule has 0 saturated heterocycles. The fourth-order valence-corrected chi connectivity index (χ4v) is 1.51. The fourth-order valence-electron chi connectivity index (χ4n) is 1.51. The smallest absolute Gasteiger partial charge is 0.0283 e. The molecule has 0 saturated carbocycles. The SMILES string of the molecule is C=C(C)CCC1=CCCCC1. The molecule has 0 amide bonds. The molecular formula is C11H18. The van der Waals surface area contributed by atoms with Crippen molar-refractivity contribution < 1.29 is 0 Å². The molecule has 0 aromatic rings. The number of hydrogen-bond acceptors (Lipinski definition) is 0. The molecular weight excluding hydrogens is 132 g/mol. The number of hydrogen-bond donors (Lipinski definition) is 0. The molecule has 0 nitrogen and oxygen atoms in total. The summed E-state index contributed by atoms with van der Waals surface area (Å²) < 4.78 is 0. The van der Waals surface area contributed by atoms with E-state index < -0.39 is 0 Å². The van der Waals surface area contributed by atoms with E-state index in [2.05, 4.69) is 19.6 Å². The Morgan fingerprint density at radius 2 is 2.36 bits per heavy atom. The Morgan fingerprint density at radius 1 is 1.55 bits per heavy atom. The number of allylic oxidation sites excluding steroid dienone is 3. The lowest BCUT2D eigenvalue weighted by Crippen LogP contribution is -1.91. The maximum atomic E-state index is 3.91. The Balaban J connectivity index is 2.24. The average molecular weight is 150 g/mol. The molecule has 1 rings (SSSR count). The molecule has 0 heterocycles. The van der Waals surface area contributed by atoms with Crippen LogP contribution in [-0.2, 0) is 0 Å². The van der Waals surface area contributed by atoms with Crippen molar-refractivity contribution in [3.63, 3.8) is 0 Å². The van der Waals surface area contributed by atoms with E-state index in [1.54, 1.807) is 5.57 Å². The van der Waals surface area contributed by atoms with E-state index in [9.17, 15) is 0 Å². The number of rotatable bonds is 3. The molecule has 1 aliphatic carbocycles. The van der Waals surface area contributed by atoms with Gasteiger partial charge in [-0.15, -0.1) is 6.58 Å². The molecule has 0 atom stereocenters. The topological polar surface area (TPSA) is 0 Å². The van der Waals surface area contributed by atoms with Crippen LogP contribution in [0.3, 0.4) is 0 Å². The van der Waals surface area contributed by atoms with Crippen LogP contribution in [0.5, 0.6) is 0 Å². The molecule has 0 heteroatoms. The van der Waals surface area contributed by atoms with Crippen LogP contribution >= 0.6 is 0 Å². The van der Waals surface area contributed by atoms with Crippen molar-refractivity contribution in [1.82, 2.24) is 0 Å². The minimum absolute atomic E-state index is 1.19. The summed E-state index contributed by atoms with van der Waals surface area (Å²) in [6.45, 7) is 6.03. The minimum Gasteiger partial charge on any atom is -0.100 e. The highest BCUT2D eigenvalue weighted by atomic mass is 14.1. The third kappa shape index (κ3) is 3.41. The molecule has 0 spiro atoms. The Bertz CT molecular complexity index is 163. The molecule has 0 N–H and O–H groups in total. The molecule has 11 heavy (non-hydrogen) atoms. The van der Waals surface area contributed by atoms with Gasteiger partial charge in [0.2, 0.25) is 0 Å². The van der Waals surface area contributed by atoms with Crippen molar-refractivity contribution in [2.75, 3.05) is 0 Å². The Kier molecular flexibility index (Phi) is 3.41. The van der Waals surface area contributed by atoms with Gasteiger partial charge in [0.25, 0.3) is 0 Å². The lowest BCUT2D eigenvalue weighted by molar-refractivity contribution is 0.673. The van der Waals surface area contributed by atoms with E-state index in [-0.39, 0.29) is 0 Å². The van der Waals surface area contributed by atoms with Gasteiger partial charge in [-0.25, -0.2) is 0 Å². The molecule has 0 aromatic carbocycles. The van der Waals surface area contributed by atoms with Gasteiger partial charge >= 0.3 is 0 Å². The first-order valence-electron chi connectivity index (χ1n) is 4.61. The molecule has 0 radical (unpaired) electrons. The van der Waals surface area contributed by atoms with Gasteiger partial charge in [-0.05, 0) is 45.4 Å². The first-order valence-corrected chi connectivity index (χ1v) is 4.61. The minimum atomic E-state index is 1.19. The van der Waals surface area contributed by atoms with Crippen molar-refractivity contribution in [2.45, 2.75) is 45.4 Å². The van der Waals surface area contributed by atoms with Crippen molar-refractivity contribution >= 4 is 0 Å². The molecule has 1 aliphatic rings. The predicted molar refractivity (Wildman–Crippen MR) is 50.6 cm³/mol. The van der Waals surface area contributed by atoms with Gasteiger partial charge in [0.1, 0.15) is 0 Å². The first-order chi connectivity index (χ1) is 5.29. The summed E-state index contributed by atoms with van der Waals surface area (Å²) in [6, 6.07) is 0. The van der Waals surface area contributed by atoms with Crippen LogP contribution in [0, 0.1) is 0 Å². The molecule has 0 unspecified atom stereocenters. The van der Waals surface area contributed by atoms with E-state index in [4.69, 9.17) is 0 Å². The van der Waals surface area contributed by atoms with Crippen molar-refractivity contribution in [3.05, 3.63) is 23.8 Å². The molecule has 0 bridgehead atoms. The standard InChI is InChI=1S/C11H18/c1-10(2)8-9-11-6-4-3-5-7-11/h6H,1,3-5,7-9H2,2H3. The summed E-state index contributed by atoms with van der Waals surface area (Å²) in [5.74, 6) is 0. The summed E-state index contributed by atoms with van der Waals surface area (Å²) in [5, 5.41) is 0. The van der Waals surface area contributed by atoms with Gasteiger partial charge in [-0.2, -0.15) is 0 Å². The first kappa shape index (κ1) is 8.58. The quantitative estimate of drug-likeness (QED) is 0.536. The van der Waals surface area contributed by atoms with E-state index in [1.807, 2.05) is 0 Å². The van der Waals surface area contributed by atoms with Crippen molar-refractivity contribution in [1.29, 1.82) is 0 Å². The van der Waals surface area contributed by atoms with Gasteiger partial charge in [0.05, 0.1) is 0 Å². The second kappa shape index (κ2) is 4.38. The molecule has 62 valence electrons. The van der Waals surface area contributed by atoms with Crippen LogP contribution in [0.15, 0.2) is 23.8 Å². The Hall–Kier alpha value is -0.520. The maximum absolute atomic E-state index is 3.91. The van der Waals surface area contributed by atoms with Crippen LogP contribution in [0.25, 0.3) is 0 Å². The van der Waals surface area contributed by atoms with E-state index in [0.29, 0.717) is 0 Å². The summed E-state index contributed by atoms with van der Waals surface area (Å²) >= 11 is 0. The lowest BCUT2D eigenvalue weighted by atomic mass is 9.95. The normalized spacial score (nSPS) is 17.7. The second-order valence-corrected chi connectivity index (χ2v) is 3.57. The highest BCUT2D eigenvalue weighted by molar-refractivity contribution is 5.07. The summed E-state index contributed by atoms with van der Waals surface area (Å²) in [7, 11) is 0. The van der Waals surface area contributed by atoms with E-state index in [0.717, 1.165) is 0 Å². The average Bonchev–Trinajstić information content (AvgIpc) is 2.03. The highest BCUT2D eigenvalue weighted by Gasteiger charge is 2.02. The van der Waals surface area contributed by atoms with Gasteiger partial charge in [-0.1, -0.05) is 17.2 Å².